The third-order valence-corrected chi connectivity index (χ3v) is 4.68. The normalized spacial score (nSPS) is 26.3. The molecular weight excluding hydrogens is 288 g/mol. The van der Waals surface area contributed by atoms with Crippen molar-refractivity contribution in [3.05, 3.63) is 28.7 Å². The van der Waals surface area contributed by atoms with E-state index in [1.165, 1.54) is 6.42 Å². The van der Waals surface area contributed by atoms with Crippen LogP contribution in [0.25, 0.3) is 0 Å². The van der Waals surface area contributed by atoms with Crippen LogP contribution < -0.4 is 5.32 Å². The number of rotatable bonds is 2. The summed E-state index contributed by atoms with van der Waals surface area (Å²) >= 11 is 3.43. The van der Waals surface area contributed by atoms with E-state index in [1.54, 1.807) is 0 Å². The van der Waals surface area contributed by atoms with Gasteiger partial charge in [-0.1, -0.05) is 36.2 Å². The molecule has 0 aliphatic heterocycles. The van der Waals surface area contributed by atoms with Crippen molar-refractivity contribution < 1.29 is 0 Å². The molecule has 0 spiro atoms. The molecule has 3 heteroatoms. The summed E-state index contributed by atoms with van der Waals surface area (Å²) in [5.41, 5.74) is 0.585. The van der Waals surface area contributed by atoms with Gasteiger partial charge in [0.2, 0.25) is 0 Å². The number of nitrogens with one attached hydrogen (secondary N) is 1. The van der Waals surface area contributed by atoms with Gasteiger partial charge in [-0.15, -0.1) is 0 Å². The van der Waals surface area contributed by atoms with E-state index in [-0.39, 0.29) is 5.41 Å². The molecule has 1 saturated carbocycles. The molecule has 1 fully saturated rings. The van der Waals surface area contributed by atoms with E-state index < -0.39 is 5.54 Å². The van der Waals surface area contributed by atoms with Crippen molar-refractivity contribution in [1.29, 1.82) is 5.26 Å². The SMILES string of the molecule is CC1(C)CCCCC1(C#N)Nc1ccc(Br)cc1. The molecule has 96 valence electrons. The minimum Gasteiger partial charge on any atom is -0.367 e. The van der Waals surface area contributed by atoms with Gasteiger partial charge in [0, 0.05) is 15.6 Å². The lowest BCUT2D eigenvalue weighted by atomic mass is 9.63. The number of hydrogen-bond donors (Lipinski definition) is 1. The van der Waals surface area contributed by atoms with Crippen molar-refractivity contribution in [1.82, 2.24) is 0 Å². The molecule has 1 N–H and O–H groups in total. The maximum absolute atomic E-state index is 9.67. The van der Waals surface area contributed by atoms with E-state index in [2.05, 4.69) is 41.2 Å². The second-order valence-electron chi connectivity index (χ2n) is 5.74. The number of nitriles is 1. The van der Waals surface area contributed by atoms with E-state index in [9.17, 15) is 5.26 Å². The molecule has 0 radical (unpaired) electrons. The van der Waals surface area contributed by atoms with Crippen LogP contribution >= 0.6 is 15.9 Å². The molecule has 18 heavy (non-hydrogen) atoms. The summed E-state index contributed by atoms with van der Waals surface area (Å²) in [6, 6.07) is 10.6. The third kappa shape index (κ3) is 2.40. The van der Waals surface area contributed by atoms with Crippen LogP contribution in [-0.4, -0.2) is 5.54 Å². The first kappa shape index (κ1) is 13.4. The summed E-state index contributed by atoms with van der Waals surface area (Å²) in [4.78, 5) is 0. The number of benzene rings is 1. The van der Waals surface area contributed by atoms with E-state index in [0.717, 1.165) is 29.4 Å². The fourth-order valence-electron chi connectivity index (χ4n) is 2.76. The van der Waals surface area contributed by atoms with E-state index in [0.29, 0.717) is 0 Å². The van der Waals surface area contributed by atoms with Crippen molar-refractivity contribution in [3.63, 3.8) is 0 Å². The number of nitrogens with zero attached hydrogens (tertiary/aromatic N) is 1. The molecule has 0 heterocycles. The highest BCUT2D eigenvalue weighted by Crippen LogP contribution is 2.45. The minimum atomic E-state index is -0.445. The molecular formula is C15H19BrN2. The molecule has 0 saturated heterocycles. The summed E-state index contributed by atoms with van der Waals surface area (Å²) in [5, 5.41) is 13.2. The summed E-state index contributed by atoms with van der Waals surface area (Å²) in [7, 11) is 0. The average Bonchev–Trinajstić information content (AvgIpc) is 2.34. The van der Waals surface area contributed by atoms with Gasteiger partial charge in [-0.25, -0.2) is 0 Å². The van der Waals surface area contributed by atoms with Crippen LogP contribution in [0.15, 0.2) is 28.7 Å². The number of hydrogen-bond acceptors (Lipinski definition) is 2. The molecule has 1 aromatic rings. The summed E-state index contributed by atoms with van der Waals surface area (Å²) in [6.07, 6.45) is 4.37. The average molecular weight is 307 g/mol. The predicted molar refractivity (Wildman–Crippen MR) is 78.4 cm³/mol. The second-order valence-corrected chi connectivity index (χ2v) is 6.66. The Kier molecular flexibility index (Phi) is 3.68. The maximum atomic E-state index is 9.67. The Balaban J connectivity index is 2.28. The van der Waals surface area contributed by atoms with E-state index in [4.69, 9.17) is 0 Å². The van der Waals surface area contributed by atoms with Gasteiger partial charge in [0.1, 0.15) is 5.54 Å². The quantitative estimate of drug-likeness (QED) is 0.858. The molecule has 0 amide bonds. The van der Waals surface area contributed by atoms with Crippen molar-refractivity contribution in [3.8, 4) is 6.07 Å². The van der Waals surface area contributed by atoms with E-state index >= 15 is 0 Å². The number of anilines is 1. The summed E-state index contributed by atoms with van der Waals surface area (Å²) in [6.45, 7) is 4.39. The second kappa shape index (κ2) is 4.93. The topological polar surface area (TPSA) is 35.8 Å². The fraction of sp³-hybridized carbons (Fsp3) is 0.533. The highest BCUT2D eigenvalue weighted by Gasteiger charge is 2.47. The summed E-state index contributed by atoms with van der Waals surface area (Å²) in [5.74, 6) is 0. The zero-order valence-corrected chi connectivity index (χ0v) is 12.5. The van der Waals surface area contributed by atoms with Gasteiger partial charge in [0.25, 0.3) is 0 Å². The van der Waals surface area contributed by atoms with Crippen LogP contribution in [0.5, 0.6) is 0 Å². The predicted octanol–water partition coefficient (Wildman–Crippen LogP) is 4.72. The van der Waals surface area contributed by atoms with Gasteiger partial charge in [0.05, 0.1) is 6.07 Å². The zero-order valence-electron chi connectivity index (χ0n) is 11.0. The molecule has 1 aliphatic carbocycles. The smallest absolute Gasteiger partial charge is 0.130 e. The lowest BCUT2D eigenvalue weighted by Gasteiger charge is -2.46. The highest BCUT2D eigenvalue weighted by molar-refractivity contribution is 9.10. The van der Waals surface area contributed by atoms with Crippen LogP contribution in [0.3, 0.4) is 0 Å². The molecule has 2 rings (SSSR count). The van der Waals surface area contributed by atoms with Crippen LogP contribution in [0, 0.1) is 16.7 Å². The standard InChI is InChI=1S/C15H19BrN2/c1-14(2)9-3-4-10-15(14,11-17)18-13-7-5-12(16)6-8-13/h5-8,18H,3-4,9-10H2,1-2H3. The van der Waals surface area contributed by atoms with E-state index in [1.807, 2.05) is 24.3 Å². The lowest BCUT2D eigenvalue weighted by Crippen LogP contribution is -2.52. The Morgan fingerprint density at radius 1 is 1.17 bits per heavy atom. The lowest BCUT2D eigenvalue weighted by molar-refractivity contribution is 0.164. The molecule has 1 unspecified atom stereocenters. The molecule has 2 nitrogen and oxygen atoms in total. The van der Waals surface area contributed by atoms with Crippen LogP contribution in [0.4, 0.5) is 5.69 Å². The van der Waals surface area contributed by atoms with Crippen molar-refractivity contribution in [2.45, 2.75) is 45.1 Å². The van der Waals surface area contributed by atoms with Gasteiger partial charge in [0.15, 0.2) is 0 Å². The van der Waals surface area contributed by atoms with Crippen molar-refractivity contribution in [2.24, 2.45) is 5.41 Å². The first-order chi connectivity index (χ1) is 8.49. The molecule has 1 aliphatic rings. The summed E-state index contributed by atoms with van der Waals surface area (Å²) < 4.78 is 1.06. The largest absolute Gasteiger partial charge is 0.367 e. The first-order valence-corrected chi connectivity index (χ1v) is 7.23. The van der Waals surface area contributed by atoms with Gasteiger partial charge >= 0.3 is 0 Å². The Morgan fingerprint density at radius 2 is 1.78 bits per heavy atom. The number of halogens is 1. The Labute approximate surface area is 118 Å². The Bertz CT molecular complexity index is 458. The molecule has 1 aromatic carbocycles. The minimum absolute atomic E-state index is 0.00702. The van der Waals surface area contributed by atoms with Gasteiger partial charge in [-0.05, 0) is 43.5 Å². The molecule has 0 aromatic heterocycles. The van der Waals surface area contributed by atoms with Crippen LogP contribution in [0.2, 0.25) is 0 Å². The molecule has 0 bridgehead atoms. The molecule has 1 atom stereocenters. The first-order valence-electron chi connectivity index (χ1n) is 6.44. The monoisotopic (exact) mass is 306 g/mol. The maximum Gasteiger partial charge on any atom is 0.130 e. The fourth-order valence-corrected chi connectivity index (χ4v) is 3.02. The van der Waals surface area contributed by atoms with Crippen LogP contribution in [-0.2, 0) is 0 Å². The van der Waals surface area contributed by atoms with Crippen molar-refractivity contribution >= 4 is 21.6 Å². The Hall–Kier alpha value is -1.01. The van der Waals surface area contributed by atoms with Crippen molar-refractivity contribution in [2.75, 3.05) is 5.32 Å². The zero-order chi connectivity index (χ0) is 13.2. The highest BCUT2D eigenvalue weighted by atomic mass is 79.9. The van der Waals surface area contributed by atoms with Gasteiger partial charge in [-0.3, -0.25) is 0 Å². The van der Waals surface area contributed by atoms with Crippen LogP contribution in [0.1, 0.15) is 39.5 Å². The van der Waals surface area contributed by atoms with Gasteiger partial charge < -0.3 is 5.32 Å². The van der Waals surface area contributed by atoms with Gasteiger partial charge in [-0.2, -0.15) is 5.26 Å². The Morgan fingerprint density at radius 3 is 2.33 bits per heavy atom. The third-order valence-electron chi connectivity index (χ3n) is 4.15.